The summed E-state index contributed by atoms with van der Waals surface area (Å²) in [6.07, 6.45) is 8.07. The largest absolute Gasteiger partial charge is 0.359 e. The predicted molar refractivity (Wildman–Crippen MR) is 96.8 cm³/mol. The van der Waals surface area contributed by atoms with Crippen LogP contribution in [-0.4, -0.2) is 30.8 Å². The fourth-order valence-corrected chi connectivity index (χ4v) is 4.33. The van der Waals surface area contributed by atoms with Crippen LogP contribution in [-0.2, 0) is 0 Å². The van der Waals surface area contributed by atoms with Gasteiger partial charge in [0, 0.05) is 28.4 Å². The molecule has 126 valence electrons. The highest BCUT2D eigenvalue weighted by molar-refractivity contribution is 7.14. The van der Waals surface area contributed by atoms with Gasteiger partial charge in [-0.2, -0.15) is 10.1 Å². The first kappa shape index (κ1) is 15.4. The third-order valence-corrected chi connectivity index (χ3v) is 5.53. The van der Waals surface area contributed by atoms with Crippen molar-refractivity contribution in [3.05, 3.63) is 29.2 Å². The fourth-order valence-electron chi connectivity index (χ4n) is 3.54. The summed E-state index contributed by atoms with van der Waals surface area (Å²) < 4.78 is 2.08. The first-order chi connectivity index (χ1) is 11.7. The van der Waals surface area contributed by atoms with E-state index in [0.717, 1.165) is 33.7 Å². The molecule has 0 aromatic carbocycles. The summed E-state index contributed by atoms with van der Waals surface area (Å²) in [5.41, 5.74) is 4.42. The van der Waals surface area contributed by atoms with E-state index in [9.17, 15) is 0 Å². The van der Waals surface area contributed by atoms with Gasteiger partial charge in [-0.05, 0) is 32.8 Å². The number of aromatic nitrogens is 5. The van der Waals surface area contributed by atoms with Crippen molar-refractivity contribution in [2.75, 3.05) is 5.32 Å². The number of rotatable bonds is 4. The molecule has 6 nitrogen and oxygen atoms in total. The van der Waals surface area contributed by atoms with Crippen molar-refractivity contribution in [2.24, 2.45) is 0 Å². The Morgan fingerprint density at radius 2 is 2.08 bits per heavy atom. The quantitative estimate of drug-likeness (QED) is 0.749. The van der Waals surface area contributed by atoms with Crippen LogP contribution in [0.5, 0.6) is 0 Å². The lowest BCUT2D eigenvalue weighted by Gasteiger charge is -2.22. The van der Waals surface area contributed by atoms with Crippen LogP contribution in [0.3, 0.4) is 0 Å². The maximum absolute atomic E-state index is 4.82. The van der Waals surface area contributed by atoms with Gasteiger partial charge in [-0.3, -0.25) is 4.57 Å². The number of nitrogens with zero attached hydrogens (tertiary/aromatic N) is 4. The van der Waals surface area contributed by atoms with Gasteiger partial charge in [0.1, 0.15) is 6.33 Å². The molecule has 0 radical (unpaired) electrons. The molecule has 0 atom stereocenters. The van der Waals surface area contributed by atoms with Gasteiger partial charge in [0.05, 0.1) is 5.69 Å². The lowest BCUT2D eigenvalue weighted by atomic mass is 9.96. The van der Waals surface area contributed by atoms with Crippen molar-refractivity contribution in [1.82, 2.24) is 24.7 Å². The van der Waals surface area contributed by atoms with Crippen molar-refractivity contribution >= 4 is 16.5 Å². The van der Waals surface area contributed by atoms with Crippen LogP contribution >= 0.6 is 11.3 Å². The molecule has 1 saturated carbocycles. The molecule has 3 aromatic rings. The molecule has 0 spiro atoms. The molecule has 4 rings (SSSR count). The SMILES string of the molecule is Cc1cc(-c2csc(NC3CCCCC3)n2)c(C)n1-c1ncn[nH]1. The first-order valence-electron chi connectivity index (χ1n) is 8.49. The van der Waals surface area contributed by atoms with Crippen LogP contribution < -0.4 is 5.32 Å². The van der Waals surface area contributed by atoms with Crippen LogP contribution in [0, 0.1) is 13.8 Å². The Morgan fingerprint density at radius 1 is 1.25 bits per heavy atom. The Labute approximate surface area is 145 Å². The second-order valence-electron chi connectivity index (χ2n) is 6.45. The van der Waals surface area contributed by atoms with Crippen molar-refractivity contribution in [3.8, 4) is 17.2 Å². The van der Waals surface area contributed by atoms with Crippen LogP contribution in [0.15, 0.2) is 17.8 Å². The smallest absolute Gasteiger partial charge is 0.229 e. The Balaban J connectivity index is 1.59. The van der Waals surface area contributed by atoms with Crippen molar-refractivity contribution in [2.45, 2.75) is 52.0 Å². The van der Waals surface area contributed by atoms with E-state index < -0.39 is 0 Å². The lowest BCUT2D eigenvalue weighted by Crippen LogP contribution is -2.21. The number of thiazole rings is 1. The predicted octanol–water partition coefficient (Wildman–Crippen LogP) is 4.08. The van der Waals surface area contributed by atoms with Crippen molar-refractivity contribution < 1.29 is 0 Å². The second-order valence-corrected chi connectivity index (χ2v) is 7.30. The summed E-state index contributed by atoms with van der Waals surface area (Å²) in [6.45, 7) is 4.17. The molecule has 7 heteroatoms. The Kier molecular flexibility index (Phi) is 4.10. The zero-order valence-electron chi connectivity index (χ0n) is 14.0. The van der Waals surface area contributed by atoms with Gasteiger partial charge in [-0.15, -0.1) is 11.3 Å². The molecule has 0 unspecified atom stereocenters. The van der Waals surface area contributed by atoms with Gasteiger partial charge in [0.15, 0.2) is 5.13 Å². The van der Waals surface area contributed by atoms with E-state index in [-0.39, 0.29) is 0 Å². The third kappa shape index (κ3) is 2.84. The maximum atomic E-state index is 4.82. The van der Waals surface area contributed by atoms with E-state index >= 15 is 0 Å². The molecule has 24 heavy (non-hydrogen) atoms. The molecule has 0 saturated heterocycles. The van der Waals surface area contributed by atoms with Crippen molar-refractivity contribution in [1.29, 1.82) is 0 Å². The zero-order valence-corrected chi connectivity index (χ0v) is 14.9. The molecule has 0 aliphatic heterocycles. The summed E-state index contributed by atoms with van der Waals surface area (Å²) in [5, 5.41) is 13.7. The molecule has 2 N–H and O–H groups in total. The highest BCUT2D eigenvalue weighted by Crippen LogP contribution is 2.32. The molecule has 0 amide bonds. The molecular weight excluding hydrogens is 320 g/mol. The van der Waals surface area contributed by atoms with Crippen LogP contribution in [0.1, 0.15) is 43.5 Å². The molecule has 3 heterocycles. The van der Waals surface area contributed by atoms with Crippen LogP contribution in [0.25, 0.3) is 17.2 Å². The average molecular weight is 342 g/mol. The second kappa shape index (κ2) is 6.39. The Hall–Kier alpha value is -2.15. The van der Waals surface area contributed by atoms with Gasteiger partial charge in [-0.25, -0.2) is 10.1 Å². The van der Waals surface area contributed by atoms with Gasteiger partial charge in [-0.1, -0.05) is 19.3 Å². The Morgan fingerprint density at radius 3 is 2.83 bits per heavy atom. The van der Waals surface area contributed by atoms with Crippen LogP contribution in [0.4, 0.5) is 5.13 Å². The minimum Gasteiger partial charge on any atom is -0.359 e. The molecule has 1 aliphatic rings. The third-order valence-electron chi connectivity index (χ3n) is 4.76. The molecule has 0 bridgehead atoms. The molecular formula is C17H22N6S. The van der Waals surface area contributed by atoms with E-state index in [2.05, 4.69) is 50.4 Å². The summed E-state index contributed by atoms with van der Waals surface area (Å²) >= 11 is 1.69. The summed E-state index contributed by atoms with van der Waals surface area (Å²) in [4.78, 5) is 9.08. The lowest BCUT2D eigenvalue weighted by molar-refractivity contribution is 0.462. The highest BCUT2D eigenvalue weighted by atomic mass is 32.1. The standard InChI is InChI=1S/C17H22N6S/c1-11-8-14(12(2)23(11)16-18-10-19-22-16)15-9-24-17(21-15)20-13-6-4-3-5-7-13/h8-10,13H,3-7H2,1-2H3,(H,20,21)(H,18,19,22). The maximum Gasteiger partial charge on any atom is 0.229 e. The number of aromatic amines is 1. The van der Waals surface area contributed by atoms with Gasteiger partial charge in [0.2, 0.25) is 5.95 Å². The van der Waals surface area contributed by atoms with Crippen molar-refractivity contribution in [3.63, 3.8) is 0 Å². The Bertz CT molecular complexity index is 810. The monoisotopic (exact) mass is 342 g/mol. The fraction of sp³-hybridized carbons (Fsp3) is 0.471. The van der Waals surface area contributed by atoms with E-state index in [1.165, 1.54) is 38.4 Å². The minimum atomic E-state index is 0.583. The number of hydrogen-bond donors (Lipinski definition) is 2. The summed E-state index contributed by atoms with van der Waals surface area (Å²) in [6, 6.07) is 2.75. The topological polar surface area (TPSA) is 71.4 Å². The average Bonchev–Trinajstić information content (AvgIpc) is 3.30. The number of H-pyrrole nitrogens is 1. The first-order valence-corrected chi connectivity index (χ1v) is 9.37. The number of aryl methyl sites for hydroxylation is 1. The minimum absolute atomic E-state index is 0.583. The normalized spacial score (nSPS) is 15.8. The molecule has 1 aliphatic carbocycles. The van der Waals surface area contributed by atoms with E-state index in [0.29, 0.717) is 6.04 Å². The van der Waals surface area contributed by atoms with Crippen LogP contribution in [0.2, 0.25) is 0 Å². The summed E-state index contributed by atoms with van der Waals surface area (Å²) in [5.74, 6) is 0.743. The number of nitrogens with one attached hydrogen (secondary N) is 2. The van der Waals surface area contributed by atoms with Gasteiger partial charge in [0.25, 0.3) is 0 Å². The van der Waals surface area contributed by atoms with E-state index in [1.54, 1.807) is 11.3 Å². The zero-order chi connectivity index (χ0) is 16.5. The summed E-state index contributed by atoms with van der Waals surface area (Å²) in [7, 11) is 0. The number of hydrogen-bond acceptors (Lipinski definition) is 5. The van der Waals surface area contributed by atoms with Gasteiger partial charge < -0.3 is 5.32 Å². The number of anilines is 1. The molecule has 3 aromatic heterocycles. The highest BCUT2D eigenvalue weighted by Gasteiger charge is 2.18. The molecule has 1 fully saturated rings. The van der Waals surface area contributed by atoms with E-state index in [1.807, 2.05) is 0 Å². The van der Waals surface area contributed by atoms with Gasteiger partial charge >= 0.3 is 0 Å². The van der Waals surface area contributed by atoms with E-state index in [4.69, 9.17) is 4.98 Å².